The molecule has 0 unspecified atom stereocenters. The molecule has 0 aliphatic carbocycles. The van der Waals surface area contributed by atoms with Crippen LogP contribution in [0.5, 0.6) is 0 Å². The fourth-order valence-corrected chi connectivity index (χ4v) is 2.25. The Labute approximate surface area is 98.5 Å². The highest BCUT2D eigenvalue weighted by molar-refractivity contribution is 7.92. The van der Waals surface area contributed by atoms with E-state index in [1.54, 1.807) is 12.1 Å². The predicted molar refractivity (Wildman–Crippen MR) is 61.6 cm³/mol. The molecule has 2 heterocycles. The van der Waals surface area contributed by atoms with Gasteiger partial charge in [0.05, 0.1) is 12.2 Å². The zero-order valence-electron chi connectivity index (χ0n) is 8.83. The van der Waals surface area contributed by atoms with Gasteiger partial charge in [-0.25, -0.2) is 0 Å². The first-order chi connectivity index (χ1) is 8.12. The molecule has 0 saturated heterocycles. The molecule has 2 aromatic rings. The van der Waals surface area contributed by atoms with Crippen molar-refractivity contribution in [1.29, 1.82) is 0 Å². The molecule has 0 amide bonds. The summed E-state index contributed by atoms with van der Waals surface area (Å²) in [5, 5.41) is -0.158. The highest BCUT2D eigenvalue weighted by atomic mass is 32.2. The molecule has 2 rings (SSSR count). The zero-order chi connectivity index (χ0) is 12.3. The molecule has 0 radical (unpaired) electrons. The van der Waals surface area contributed by atoms with Crippen molar-refractivity contribution in [2.24, 2.45) is 5.73 Å². The van der Waals surface area contributed by atoms with Crippen LogP contribution < -0.4 is 10.5 Å². The normalized spacial score (nSPS) is 11.4. The number of sulfonamides is 1. The molecule has 7 heteroatoms. The number of nitrogens with one attached hydrogen (secondary N) is 1. The largest absolute Gasteiger partial charge is 0.446 e. The van der Waals surface area contributed by atoms with Gasteiger partial charge in [-0.3, -0.25) is 9.71 Å². The van der Waals surface area contributed by atoms with Crippen molar-refractivity contribution in [3.63, 3.8) is 0 Å². The summed E-state index contributed by atoms with van der Waals surface area (Å²) in [6, 6.07) is 5.99. The standard InChI is InChI=1S/C10H11N3O3S/c11-7-9-1-2-10(16-9)17(14,15)13-8-3-5-12-6-4-8/h1-6H,7,11H2,(H,12,13). The van der Waals surface area contributed by atoms with Crippen LogP contribution in [0.25, 0.3) is 0 Å². The Kier molecular flexibility index (Phi) is 3.12. The minimum absolute atomic E-state index is 0.158. The molecule has 90 valence electrons. The van der Waals surface area contributed by atoms with Crippen LogP contribution >= 0.6 is 0 Å². The summed E-state index contributed by atoms with van der Waals surface area (Å²) >= 11 is 0. The molecule has 0 aromatic carbocycles. The number of hydrogen-bond acceptors (Lipinski definition) is 5. The summed E-state index contributed by atoms with van der Waals surface area (Å²) in [6.45, 7) is 0.158. The average molecular weight is 253 g/mol. The number of pyridine rings is 1. The molecule has 3 N–H and O–H groups in total. The van der Waals surface area contributed by atoms with E-state index in [4.69, 9.17) is 10.2 Å². The quantitative estimate of drug-likeness (QED) is 0.844. The second-order valence-electron chi connectivity index (χ2n) is 3.27. The maximum Gasteiger partial charge on any atom is 0.295 e. The molecule has 0 bridgehead atoms. The van der Waals surface area contributed by atoms with Crippen molar-refractivity contribution < 1.29 is 12.8 Å². The lowest BCUT2D eigenvalue weighted by Gasteiger charge is -2.04. The Morgan fingerprint density at radius 1 is 1.24 bits per heavy atom. The van der Waals surface area contributed by atoms with E-state index in [1.807, 2.05) is 0 Å². The van der Waals surface area contributed by atoms with Gasteiger partial charge in [0, 0.05) is 12.4 Å². The minimum atomic E-state index is -3.70. The van der Waals surface area contributed by atoms with E-state index in [0.29, 0.717) is 11.4 Å². The van der Waals surface area contributed by atoms with E-state index in [9.17, 15) is 8.42 Å². The van der Waals surface area contributed by atoms with Crippen LogP contribution in [0.4, 0.5) is 5.69 Å². The monoisotopic (exact) mass is 253 g/mol. The third kappa shape index (κ3) is 2.63. The molecule has 0 fully saturated rings. The van der Waals surface area contributed by atoms with Gasteiger partial charge in [0.2, 0.25) is 5.09 Å². The maximum atomic E-state index is 11.9. The fraction of sp³-hybridized carbons (Fsp3) is 0.100. The third-order valence-corrected chi connectivity index (χ3v) is 3.29. The van der Waals surface area contributed by atoms with Gasteiger partial charge in [0.15, 0.2) is 0 Å². The maximum absolute atomic E-state index is 11.9. The predicted octanol–water partition coefficient (Wildman–Crippen LogP) is 0.934. The first-order valence-corrected chi connectivity index (χ1v) is 6.32. The van der Waals surface area contributed by atoms with Crippen molar-refractivity contribution in [2.45, 2.75) is 11.6 Å². The minimum Gasteiger partial charge on any atom is -0.446 e. The van der Waals surface area contributed by atoms with Gasteiger partial charge in [-0.05, 0) is 24.3 Å². The molecule has 0 saturated carbocycles. The van der Waals surface area contributed by atoms with Crippen molar-refractivity contribution in [1.82, 2.24) is 4.98 Å². The number of nitrogens with two attached hydrogens (primary N) is 1. The van der Waals surface area contributed by atoms with E-state index in [-0.39, 0.29) is 11.6 Å². The number of nitrogens with zero attached hydrogens (tertiary/aromatic N) is 1. The van der Waals surface area contributed by atoms with E-state index in [2.05, 4.69) is 9.71 Å². The van der Waals surface area contributed by atoms with Crippen molar-refractivity contribution in [2.75, 3.05) is 4.72 Å². The fourth-order valence-electron chi connectivity index (χ4n) is 1.24. The van der Waals surface area contributed by atoms with Crippen LogP contribution in [0.3, 0.4) is 0 Å². The van der Waals surface area contributed by atoms with Crippen molar-refractivity contribution >= 4 is 15.7 Å². The second kappa shape index (κ2) is 4.56. The molecular formula is C10H11N3O3S. The number of hydrogen-bond donors (Lipinski definition) is 2. The lowest BCUT2D eigenvalue weighted by atomic mass is 10.4. The van der Waals surface area contributed by atoms with Gasteiger partial charge in [-0.1, -0.05) is 0 Å². The summed E-state index contributed by atoms with van der Waals surface area (Å²) in [7, 11) is -3.70. The number of furan rings is 1. The van der Waals surface area contributed by atoms with Crippen LogP contribution in [0.1, 0.15) is 5.76 Å². The van der Waals surface area contributed by atoms with Crippen molar-refractivity contribution in [3.8, 4) is 0 Å². The van der Waals surface area contributed by atoms with Gasteiger partial charge in [0.1, 0.15) is 5.76 Å². The third-order valence-electron chi connectivity index (χ3n) is 2.04. The van der Waals surface area contributed by atoms with Gasteiger partial charge in [-0.2, -0.15) is 8.42 Å². The molecule has 0 aliphatic rings. The SMILES string of the molecule is NCc1ccc(S(=O)(=O)Nc2ccncc2)o1. The van der Waals surface area contributed by atoms with Crippen LogP contribution in [0.2, 0.25) is 0 Å². The Balaban J connectivity index is 2.25. The summed E-state index contributed by atoms with van der Waals surface area (Å²) in [5.41, 5.74) is 5.76. The summed E-state index contributed by atoms with van der Waals surface area (Å²) in [5.74, 6) is 0.417. The molecule has 17 heavy (non-hydrogen) atoms. The van der Waals surface area contributed by atoms with E-state index in [0.717, 1.165) is 0 Å². The number of anilines is 1. The van der Waals surface area contributed by atoms with Gasteiger partial charge in [0.25, 0.3) is 10.0 Å². The molecule has 0 aliphatic heterocycles. The average Bonchev–Trinajstić information content (AvgIpc) is 2.79. The first-order valence-electron chi connectivity index (χ1n) is 4.83. The molecule has 6 nitrogen and oxygen atoms in total. The lowest BCUT2D eigenvalue weighted by Crippen LogP contribution is -2.12. The summed E-state index contributed by atoms with van der Waals surface area (Å²) in [4.78, 5) is 3.79. The lowest BCUT2D eigenvalue weighted by molar-refractivity contribution is 0.417. The Morgan fingerprint density at radius 3 is 2.53 bits per heavy atom. The summed E-state index contributed by atoms with van der Waals surface area (Å²) in [6.07, 6.45) is 2.98. The number of rotatable bonds is 4. The Morgan fingerprint density at radius 2 is 1.94 bits per heavy atom. The van der Waals surface area contributed by atoms with Crippen molar-refractivity contribution in [3.05, 3.63) is 42.4 Å². The molecule has 0 atom stereocenters. The zero-order valence-corrected chi connectivity index (χ0v) is 9.65. The molecule has 2 aromatic heterocycles. The van der Waals surface area contributed by atoms with E-state index in [1.165, 1.54) is 24.5 Å². The van der Waals surface area contributed by atoms with Crippen LogP contribution in [0, 0.1) is 0 Å². The highest BCUT2D eigenvalue weighted by Gasteiger charge is 2.18. The Hall–Kier alpha value is -1.86. The Bertz CT molecular complexity index is 592. The highest BCUT2D eigenvalue weighted by Crippen LogP contribution is 2.17. The molecular weight excluding hydrogens is 242 g/mol. The van der Waals surface area contributed by atoms with E-state index >= 15 is 0 Å². The van der Waals surface area contributed by atoms with Crippen LogP contribution in [-0.4, -0.2) is 13.4 Å². The van der Waals surface area contributed by atoms with Gasteiger partial charge in [-0.15, -0.1) is 0 Å². The molecule has 0 spiro atoms. The van der Waals surface area contributed by atoms with Gasteiger partial charge >= 0.3 is 0 Å². The topological polar surface area (TPSA) is 98.2 Å². The smallest absolute Gasteiger partial charge is 0.295 e. The van der Waals surface area contributed by atoms with Gasteiger partial charge < -0.3 is 10.2 Å². The number of aromatic nitrogens is 1. The second-order valence-corrected chi connectivity index (χ2v) is 4.88. The van der Waals surface area contributed by atoms with Crippen LogP contribution in [-0.2, 0) is 16.6 Å². The summed E-state index contributed by atoms with van der Waals surface area (Å²) < 4.78 is 31.2. The first kappa shape index (κ1) is 11.6. The van der Waals surface area contributed by atoms with Crippen LogP contribution in [0.15, 0.2) is 46.2 Å². The van der Waals surface area contributed by atoms with E-state index < -0.39 is 10.0 Å².